The number of sulfonamides is 1. The van der Waals surface area contributed by atoms with Crippen molar-refractivity contribution in [3.8, 4) is 5.75 Å². The van der Waals surface area contributed by atoms with Crippen LogP contribution in [0.4, 0.5) is 18.9 Å². The first-order chi connectivity index (χ1) is 12.6. The zero-order chi connectivity index (χ0) is 20.4. The second-order valence-corrected chi connectivity index (χ2v) is 7.71. The zero-order valence-electron chi connectivity index (χ0n) is 14.7. The van der Waals surface area contributed by atoms with Crippen molar-refractivity contribution in [2.75, 3.05) is 26.0 Å². The summed E-state index contributed by atoms with van der Waals surface area (Å²) >= 11 is 0. The molecule has 27 heavy (non-hydrogen) atoms. The first-order valence-corrected chi connectivity index (χ1v) is 9.06. The lowest BCUT2D eigenvalue weighted by molar-refractivity contribution is -0.116. The molecule has 0 saturated heterocycles. The summed E-state index contributed by atoms with van der Waals surface area (Å²) in [4.78, 5) is 11.9. The van der Waals surface area contributed by atoms with Crippen LogP contribution in [0.5, 0.6) is 5.75 Å². The first-order valence-electron chi connectivity index (χ1n) is 7.62. The fraction of sp³-hybridized carbons (Fsp3) is 0.235. The van der Waals surface area contributed by atoms with Crippen LogP contribution in [0.25, 0.3) is 0 Å². The van der Waals surface area contributed by atoms with Gasteiger partial charge in [0, 0.05) is 7.05 Å². The van der Waals surface area contributed by atoms with Gasteiger partial charge >= 0.3 is 0 Å². The van der Waals surface area contributed by atoms with E-state index in [0.29, 0.717) is 17.4 Å². The molecule has 2 rings (SSSR count). The fourth-order valence-electron chi connectivity index (χ4n) is 2.29. The molecule has 0 unspecified atom stereocenters. The molecule has 0 aliphatic heterocycles. The molecule has 0 bridgehead atoms. The summed E-state index contributed by atoms with van der Waals surface area (Å²) in [7, 11) is -1.40. The summed E-state index contributed by atoms with van der Waals surface area (Å²) in [6.07, 6.45) is 0. The van der Waals surface area contributed by atoms with Crippen molar-refractivity contribution in [1.82, 2.24) is 4.31 Å². The van der Waals surface area contributed by atoms with Crippen molar-refractivity contribution in [3.05, 3.63) is 53.3 Å². The molecule has 0 fully saturated rings. The maximum atomic E-state index is 13.6. The van der Waals surface area contributed by atoms with Crippen molar-refractivity contribution in [1.29, 1.82) is 0 Å². The van der Waals surface area contributed by atoms with Crippen LogP contribution in [0.3, 0.4) is 0 Å². The number of rotatable bonds is 6. The maximum Gasteiger partial charge on any atom is 0.243 e. The topological polar surface area (TPSA) is 75.7 Å². The van der Waals surface area contributed by atoms with Gasteiger partial charge in [-0.15, -0.1) is 0 Å². The Kier molecular flexibility index (Phi) is 6.11. The van der Waals surface area contributed by atoms with Crippen molar-refractivity contribution < 1.29 is 31.1 Å². The molecule has 146 valence electrons. The Hall–Kier alpha value is -2.59. The summed E-state index contributed by atoms with van der Waals surface area (Å²) in [5.41, 5.74) is -0.00900. The Morgan fingerprint density at radius 2 is 1.81 bits per heavy atom. The zero-order valence-corrected chi connectivity index (χ0v) is 15.5. The minimum Gasteiger partial charge on any atom is -0.496 e. The minimum absolute atomic E-state index is 0.0601. The van der Waals surface area contributed by atoms with Gasteiger partial charge in [0.1, 0.15) is 5.75 Å². The van der Waals surface area contributed by atoms with Gasteiger partial charge in [-0.2, -0.15) is 4.31 Å². The monoisotopic (exact) mass is 402 g/mol. The number of carbonyl (C=O) groups excluding carboxylic acids is 1. The molecule has 2 aromatic carbocycles. The average molecular weight is 402 g/mol. The van der Waals surface area contributed by atoms with Gasteiger partial charge in [-0.25, -0.2) is 21.6 Å². The molecule has 1 N–H and O–H groups in total. The molecule has 0 heterocycles. The molecule has 10 heteroatoms. The lowest BCUT2D eigenvalue weighted by Crippen LogP contribution is -2.35. The van der Waals surface area contributed by atoms with E-state index >= 15 is 0 Å². The normalized spacial score (nSPS) is 11.5. The Labute approximate surface area is 154 Å². The van der Waals surface area contributed by atoms with Crippen molar-refractivity contribution in [2.24, 2.45) is 0 Å². The molecule has 0 aliphatic carbocycles. The lowest BCUT2D eigenvalue weighted by Gasteiger charge is -2.18. The third-order valence-corrected chi connectivity index (χ3v) is 5.55. The van der Waals surface area contributed by atoms with Gasteiger partial charge in [-0.05, 0) is 42.8 Å². The number of carbonyl (C=O) groups is 1. The van der Waals surface area contributed by atoms with Crippen LogP contribution in [0, 0.1) is 24.4 Å². The number of hydrogen-bond donors (Lipinski definition) is 1. The summed E-state index contributed by atoms with van der Waals surface area (Å²) in [6, 6.07) is 5.68. The van der Waals surface area contributed by atoms with E-state index in [9.17, 15) is 26.4 Å². The molecular weight excluding hydrogens is 385 g/mol. The Morgan fingerprint density at radius 1 is 1.15 bits per heavy atom. The minimum atomic E-state index is -4.01. The number of nitrogens with one attached hydrogen (secondary N) is 1. The van der Waals surface area contributed by atoms with Crippen LogP contribution < -0.4 is 10.1 Å². The number of ether oxygens (including phenoxy) is 1. The second kappa shape index (κ2) is 7.97. The fourth-order valence-corrected chi connectivity index (χ4v) is 3.50. The van der Waals surface area contributed by atoms with E-state index in [1.165, 1.54) is 25.3 Å². The highest BCUT2D eigenvalue weighted by molar-refractivity contribution is 7.89. The third-order valence-electron chi connectivity index (χ3n) is 3.75. The van der Waals surface area contributed by atoms with Gasteiger partial charge in [0.25, 0.3) is 0 Å². The predicted octanol–water partition coefficient (Wildman–Crippen LogP) is 2.68. The van der Waals surface area contributed by atoms with Gasteiger partial charge in [0.05, 0.1) is 24.2 Å². The van der Waals surface area contributed by atoms with Crippen LogP contribution >= 0.6 is 0 Å². The number of benzene rings is 2. The number of amides is 1. The Morgan fingerprint density at radius 3 is 2.41 bits per heavy atom. The van der Waals surface area contributed by atoms with E-state index in [1.807, 2.05) is 5.32 Å². The quantitative estimate of drug-likeness (QED) is 0.754. The predicted molar refractivity (Wildman–Crippen MR) is 92.5 cm³/mol. The molecule has 1 amide bonds. The molecule has 0 radical (unpaired) electrons. The highest BCUT2D eigenvalue weighted by atomic mass is 32.2. The average Bonchev–Trinajstić information content (AvgIpc) is 2.62. The number of aryl methyl sites for hydroxylation is 1. The van der Waals surface area contributed by atoms with Crippen LogP contribution in [0.2, 0.25) is 0 Å². The smallest absolute Gasteiger partial charge is 0.243 e. The van der Waals surface area contributed by atoms with E-state index in [2.05, 4.69) is 0 Å². The molecule has 0 aromatic heterocycles. The number of nitrogens with zero attached hydrogens (tertiary/aromatic N) is 1. The molecule has 6 nitrogen and oxygen atoms in total. The Bertz CT molecular complexity index is 980. The standard InChI is InChI=1S/C17H17F3N2O4S/c1-10-8-11(4-7-14(10)26-3)27(24,25)22(2)9-15(23)21-13-6-5-12(18)16(19)17(13)20/h4-8H,9H2,1-3H3,(H,21,23). The summed E-state index contributed by atoms with van der Waals surface area (Å²) in [6.45, 7) is 1.00. The van der Waals surface area contributed by atoms with E-state index < -0.39 is 45.6 Å². The second-order valence-electron chi connectivity index (χ2n) is 5.66. The molecule has 0 aliphatic rings. The van der Waals surface area contributed by atoms with Crippen molar-refractivity contribution in [3.63, 3.8) is 0 Å². The highest BCUT2D eigenvalue weighted by Crippen LogP contribution is 2.23. The van der Waals surface area contributed by atoms with E-state index in [4.69, 9.17) is 4.74 Å². The SMILES string of the molecule is COc1ccc(S(=O)(=O)N(C)CC(=O)Nc2ccc(F)c(F)c2F)cc1C. The first kappa shape index (κ1) is 20.7. The van der Waals surface area contributed by atoms with Gasteiger partial charge in [0.2, 0.25) is 15.9 Å². The van der Waals surface area contributed by atoms with Gasteiger partial charge < -0.3 is 10.1 Å². The lowest BCUT2D eigenvalue weighted by atomic mass is 10.2. The van der Waals surface area contributed by atoms with Gasteiger partial charge in [0.15, 0.2) is 17.5 Å². The van der Waals surface area contributed by atoms with Gasteiger partial charge in [-0.1, -0.05) is 0 Å². The van der Waals surface area contributed by atoms with Crippen LogP contribution in [-0.2, 0) is 14.8 Å². The number of methoxy groups -OCH3 is 1. The number of likely N-dealkylation sites (N-methyl/N-ethyl adjacent to an activating group) is 1. The van der Waals surface area contributed by atoms with E-state index in [1.54, 1.807) is 6.92 Å². The van der Waals surface area contributed by atoms with Crippen molar-refractivity contribution in [2.45, 2.75) is 11.8 Å². The van der Waals surface area contributed by atoms with Crippen LogP contribution in [0.15, 0.2) is 35.2 Å². The van der Waals surface area contributed by atoms with Gasteiger partial charge in [-0.3, -0.25) is 4.79 Å². The Balaban J connectivity index is 2.16. The molecule has 0 saturated carbocycles. The van der Waals surface area contributed by atoms with Crippen LogP contribution in [0.1, 0.15) is 5.56 Å². The number of hydrogen-bond acceptors (Lipinski definition) is 4. The third kappa shape index (κ3) is 4.40. The molecule has 0 atom stereocenters. The molecular formula is C17H17F3N2O4S. The van der Waals surface area contributed by atoms with E-state index in [-0.39, 0.29) is 4.90 Å². The highest BCUT2D eigenvalue weighted by Gasteiger charge is 2.24. The van der Waals surface area contributed by atoms with Crippen molar-refractivity contribution >= 4 is 21.6 Å². The maximum absolute atomic E-state index is 13.6. The molecule has 0 spiro atoms. The number of halogens is 3. The summed E-state index contributed by atoms with van der Waals surface area (Å²) in [5.74, 6) is -5.12. The van der Waals surface area contributed by atoms with E-state index in [0.717, 1.165) is 17.4 Å². The largest absolute Gasteiger partial charge is 0.496 e. The number of anilines is 1. The van der Waals surface area contributed by atoms with Crippen LogP contribution in [-0.4, -0.2) is 39.3 Å². The molecule has 2 aromatic rings. The summed E-state index contributed by atoms with van der Waals surface area (Å²) in [5, 5.41) is 2.02. The summed E-state index contributed by atoms with van der Waals surface area (Å²) < 4.78 is 70.6.